The highest BCUT2D eigenvalue weighted by molar-refractivity contribution is 6.03. The number of alkyl halides is 3. The largest absolute Gasteiger partial charge is 0.467 e. The van der Waals surface area contributed by atoms with Crippen LogP contribution in [-0.2, 0) is 0 Å². The summed E-state index contributed by atoms with van der Waals surface area (Å²) < 4.78 is 49.1. The van der Waals surface area contributed by atoms with Gasteiger partial charge in [-0.25, -0.2) is 9.36 Å². The summed E-state index contributed by atoms with van der Waals surface area (Å²) in [5.41, 5.74) is 1.24. The molecule has 4 aromatic rings. The molecular weight excluding hydrogens is 437 g/mol. The van der Waals surface area contributed by atoms with Crippen LogP contribution in [0.2, 0.25) is 0 Å². The number of hydrogen-bond acceptors (Lipinski definition) is 5. The number of carbonyl (C=O) groups is 1. The number of hydrogen-bond donors (Lipinski definition) is 2. The van der Waals surface area contributed by atoms with Crippen molar-refractivity contribution in [3.8, 4) is 5.69 Å². The molecule has 11 heteroatoms. The molecule has 0 spiro atoms. The van der Waals surface area contributed by atoms with Gasteiger partial charge in [0.25, 0.3) is 5.91 Å². The third-order valence-corrected chi connectivity index (χ3v) is 5.38. The van der Waals surface area contributed by atoms with Crippen LogP contribution in [0.4, 0.5) is 24.8 Å². The second kappa shape index (κ2) is 7.84. The van der Waals surface area contributed by atoms with Crippen LogP contribution in [-0.4, -0.2) is 31.6 Å². The minimum Gasteiger partial charge on any atom is -0.467 e. The van der Waals surface area contributed by atoms with Gasteiger partial charge in [-0.15, -0.1) is 0 Å². The average Bonchev–Trinajstić information content (AvgIpc) is 3.52. The highest BCUT2D eigenvalue weighted by atomic mass is 19.4. The van der Waals surface area contributed by atoms with Crippen LogP contribution in [0, 0.1) is 6.92 Å². The minimum atomic E-state index is -4.55. The highest BCUT2D eigenvalue weighted by Crippen LogP contribution is 2.43. The van der Waals surface area contributed by atoms with Crippen molar-refractivity contribution in [2.24, 2.45) is 0 Å². The van der Waals surface area contributed by atoms with Gasteiger partial charge >= 0.3 is 6.18 Å². The summed E-state index contributed by atoms with van der Waals surface area (Å²) in [5, 5.41) is 14.1. The van der Waals surface area contributed by atoms with Crippen LogP contribution in [0.1, 0.15) is 40.4 Å². The zero-order valence-corrected chi connectivity index (χ0v) is 17.4. The lowest BCUT2D eigenvalue weighted by Crippen LogP contribution is -2.35. The van der Waals surface area contributed by atoms with Crippen molar-refractivity contribution in [3.05, 3.63) is 78.0 Å². The number of aromatic nitrogens is 4. The van der Waals surface area contributed by atoms with E-state index in [9.17, 15) is 18.0 Å². The number of nitrogens with zero attached hydrogens (tertiary/aromatic N) is 4. The lowest BCUT2D eigenvalue weighted by Gasteiger charge is -2.32. The Kier molecular flexibility index (Phi) is 4.95. The van der Waals surface area contributed by atoms with Gasteiger partial charge in [-0.05, 0) is 31.2 Å². The number of nitrogens with one attached hydrogen (secondary N) is 2. The van der Waals surface area contributed by atoms with Crippen molar-refractivity contribution in [1.82, 2.24) is 19.6 Å². The lowest BCUT2D eigenvalue weighted by molar-refractivity contribution is -0.174. The molecule has 1 aliphatic heterocycles. The van der Waals surface area contributed by atoms with Crippen molar-refractivity contribution < 1.29 is 22.4 Å². The molecule has 0 saturated carbocycles. The van der Waals surface area contributed by atoms with E-state index in [2.05, 4.69) is 20.8 Å². The maximum Gasteiger partial charge on any atom is 0.410 e. The second-order valence-electron chi connectivity index (χ2n) is 7.74. The Labute approximate surface area is 186 Å². The molecule has 0 bridgehead atoms. The molecule has 0 unspecified atom stereocenters. The van der Waals surface area contributed by atoms with Gasteiger partial charge in [0.05, 0.1) is 23.7 Å². The molecular formula is C22H19F3N6O2. The number of para-hydroxylation sites is 1. The summed E-state index contributed by atoms with van der Waals surface area (Å²) in [7, 11) is 0. The maximum absolute atomic E-state index is 13.8. The molecule has 1 aromatic carbocycles. The topological polar surface area (TPSA) is 89.9 Å². The standard InChI is InChI=1S/C22H19F3N6O2/c1-13-10-19(30(28-13)14-6-3-2-4-7-14)27-21(32)16-12-20-26-15(17-8-5-9-33-17)11-18(22(23,24)25)31(20)29-16/h2-10,12,15,18,26H,11H2,1H3,(H,27,32)/t15-,18-/m0/s1. The van der Waals surface area contributed by atoms with Gasteiger partial charge in [-0.3, -0.25) is 4.79 Å². The van der Waals surface area contributed by atoms with Crippen LogP contribution in [0.25, 0.3) is 5.69 Å². The molecule has 1 aliphatic rings. The molecule has 5 rings (SSSR count). The van der Waals surface area contributed by atoms with E-state index in [0.717, 1.165) is 10.4 Å². The summed E-state index contributed by atoms with van der Waals surface area (Å²) in [6, 6.07) is 12.8. The third-order valence-electron chi connectivity index (χ3n) is 5.38. The Hall–Kier alpha value is -4.02. The van der Waals surface area contributed by atoms with Gasteiger partial charge in [0.15, 0.2) is 11.7 Å². The van der Waals surface area contributed by atoms with Crippen molar-refractivity contribution in [2.75, 3.05) is 10.6 Å². The first-order valence-electron chi connectivity index (χ1n) is 10.2. The number of amides is 1. The molecule has 3 aromatic heterocycles. The summed E-state index contributed by atoms with van der Waals surface area (Å²) >= 11 is 0. The summed E-state index contributed by atoms with van der Waals surface area (Å²) in [6.07, 6.45) is -3.46. The fourth-order valence-electron chi connectivity index (χ4n) is 3.90. The number of fused-ring (bicyclic) bond motifs is 1. The predicted octanol–water partition coefficient (Wildman–Crippen LogP) is 4.88. The normalized spacial score (nSPS) is 17.9. The van der Waals surface area contributed by atoms with Crippen LogP contribution in [0.5, 0.6) is 0 Å². The molecule has 4 heterocycles. The number of furan rings is 1. The summed E-state index contributed by atoms with van der Waals surface area (Å²) in [6.45, 7) is 1.77. The lowest BCUT2D eigenvalue weighted by atomic mass is 10.0. The quantitative estimate of drug-likeness (QED) is 0.457. The van der Waals surface area contributed by atoms with Crippen molar-refractivity contribution >= 4 is 17.5 Å². The van der Waals surface area contributed by atoms with E-state index in [0.29, 0.717) is 17.3 Å². The molecule has 8 nitrogen and oxygen atoms in total. The number of rotatable bonds is 4. The Bertz CT molecular complexity index is 1280. The first-order valence-corrected chi connectivity index (χ1v) is 10.2. The van der Waals surface area contributed by atoms with Gasteiger partial charge in [-0.2, -0.15) is 23.4 Å². The van der Waals surface area contributed by atoms with Crippen LogP contribution >= 0.6 is 0 Å². The van der Waals surface area contributed by atoms with Crippen LogP contribution in [0.3, 0.4) is 0 Å². The molecule has 1 amide bonds. The van der Waals surface area contributed by atoms with E-state index in [1.807, 2.05) is 30.3 Å². The fourth-order valence-corrected chi connectivity index (χ4v) is 3.90. The molecule has 33 heavy (non-hydrogen) atoms. The van der Waals surface area contributed by atoms with Gasteiger partial charge in [-0.1, -0.05) is 18.2 Å². The van der Waals surface area contributed by atoms with E-state index in [1.54, 1.807) is 29.8 Å². The molecule has 0 saturated heterocycles. The van der Waals surface area contributed by atoms with Gasteiger partial charge in [0, 0.05) is 18.6 Å². The monoisotopic (exact) mass is 456 g/mol. The van der Waals surface area contributed by atoms with Gasteiger partial charge in [0.2, 0.25) is 0 Å². The smallest absolute Gasteiger partial charge is 0.410 e. The molecule has 170 valence electrons. The molecule has 0 aliphatic carbocycles. The molecule has 0 radical (unpaired) electrons. The zero-order valence-electron chi connectivity index (χ0n) is 17.4. The average molecular weight is 456 g/mol. The van der Waals surface area contributed by atoms with Crippen LogP contribution in [0.15, 0.2) is 65.3 Å². The highest BCUT2D eigenvalue weighted by Gasteiger charge is 2.47. The third kappa shape index (κ3) is 3.97. The van der Waals surface area contributed by atoms with Crippen molar-refractivity contribution in [3.63, 3.8) is 0 Å². The van der Waals surface area contributed by atoms with E-state index >= 15 is 0 Å². The summed E-state index contributed by atoms with van der Waals surface area (Å²) in [4.78, 5) is 12.9. The Morgan fingerprint density at radius 1 is 1.15 bits per heavy atom. The molecule has 2 atom stereocenters. The van der Waals surface area contributed by atoms with E-state index in [-0.39, 0.29) is 17.9 Å². The van der Waals surface area contributed by atoms with Crippen molar-refractivity contribution in [2.45, 2.75) is 31.6 Å². The predicted molar refractivity (Wildman–Crippen MR) is 113 cm³/mol. The fraction of sp³-hybridized carbons (Fsp3) is 0.227. The Balaban J connectivity index is 1.45. The molecule has 0 fully saturated rings. The number of carbonyl (C=O) groups excluding carboxylic acids is 1. The molecule has 2 N–H and O–H groups in total. The number of halogens is 3. The Morgan fingerprint density at radius 3 is 2.64 bits per heavy atom. The maximum atomic E-state index is 13.8. The number of benzene rings is 1. The van der Waals surface area contributed by atoms with E-state index < -0.39 is 24.2 Å². The Morgan fingerprint density at radius 2 is 1.94 bits per heavy atom. The minimum absolute atomic E-state index is 0.0860. The zero-order chi connectivity index (χ0) is 23.2. The van der Waals surface area contributed by atoms with Gasteiger partial charge < -0.3 is 15.1 Å². The summed E-state index contributed by atoms with van der Waals surface area (Å²) in [5.74, 6) is 0.197. The second-order valence-corrected chi connectivity index (χ2v) is 7.74. The van der Waals surface area contributed by atoms with Crippen molar-refractivity contribution in [1.29, 1.82) is 0 Å². The van der Waals surface area contributed by atoms with Gasteiger partial charge in [0.1, 0.15) is 17.4 Å². The number of anilines is 2. The first-order chi connectivity index (χ1) is 15.8. The number of aryl methyl sites for hydroxylation is 1. The first kappa shape index (κ1) is 20.9. The van der Waals surface area contributed by atoms with E-state index in [1.165, 1.54) is 12.3 Å². The SMILES string of the molecule is Cc1cc(NC(=O)c2cc3n(n2)[C@H](C(F)(F)F)C[C@@H](c2ccco2)N3)n(-c2ccccc2)n1. The van der Waals surface area contributed by atoms with Crippen LogP contribution < -0.4 is 10.6 Å². The van der Waals surface area contributed by atoms with E-state index in [4.69, 9.17) is 4.42 Å².